The highest BCUT2D eigenvalue weighted by Crippen LogP contribution is 2.18. The van der Waals surface area contributed by atoms with Crippen molar-refractivity contribution in [2.45, 2.75) is 26.2 Å². The van der Waals surface area contributed by atoms with Crippen molar-refractivity contribution in [3.8, 4) is 5.75 Å². The molecule has 0 aliphatic rings. The van der Waals surface area contributed by atoms with Gasteiger partial charge in [-0.3, -0.25) is 9.59 Å². The monoisotopic (exact) mass is 283 g/mol. The Morgan fingerprint density at radius 1 is 1.35 bits per heavy atom. The molecule has 0 spiro atoms. The van der Waals surface area contributed by atoms with E-state index in [1.54, 1.807) is 0 Å². The third-order valence-electron chi connectivity index (χ3n) is 2.98. The first-order valence-electron chi connectivity index (χ1n) is 6.38. The second kappa shape index (κ2) is 7.47. The molecule has 1 rings (SSSR count). The summed E-state index contributed by atoms with van der Waals surface area (Å²) in [5, 5.41) is 20.6. The number of carboxylic acids is 1. The molecule has 0 aliphatic carbocycles. The van der Waals surface area contributed by atoms with E-state index in [2.05, 4.69) is 5.32 Å². The Morgan fingerprint density at radius 2 is 2.05 bits per heavy atom. The molecule has 0 heterocycles. The number of hydrogen-bond donors (Lipinski definition) is 3. The fourth-order valence-corrected chi connectivity index (χ4v) is 1.74. The largest absolute Gasteiger partial charge is 0.507 e. The van der Waals surface area contributed by atoms with E-state index < -0.39 is 23.4 Å². The van der Waals surface area contributed by atoms with Crippen molar-refractivity contribution in [1.29, 1.82) is 0 Å². The molecule has 20 heavy (non-hydrogen) atoms. The number of amides is 1. The van der Waals surface area contributed by atoms with E-state index in [0.717, 1.165) is 12.1 Å². The summed E-state index contributed by atoms with van der Waals surface area (Å²) in [6.45, 7) is 2.28. The van der Waals surface area contributed by atoms with Crippen LogP contribution >= 0.6 is 0 Å². The molecule has 1 atom stereocenters. The van der Waals surface area contributed by atoms with Crippen molar-refractivity contribution >= 4 is 11.9 Å². The van der Waals surface area contributed by atoms with Crippen molar-refractivity contribution < 1.29 is 24.2 Å². The van der Waals surface area contributed by atoms with E-state index >= 15 is 0 Å². The van der Waals surface area contributed by atoms with Crippen LogP contribution in [0.2, 0.25) is 0 Å². The van der Waals surface area contributed by atoms with E-state index in [4.69, 9.17) is 5.11 Å². The Hall–Kier alpha value is -2.11. The van der Waals surface area contributed by atoms with Crippen LogP contribution in [-0.4, -0.2) is 28.6 Å². The second-order valence-corrected chi connectivity index (χ2v) is 4.74. The van der Waals surface area contributed by atoms with Crippen molar-refractivity contribution in [3.63, 3.8) is 0 Å². The number of carbonyl (C=O) groups excluding carboxylic acids is 1. The number of phenolic OH excluding ortho intramolecular Hbond substituents is 1. The van der Waals surface area contributed by atoms with Crippen LogP contribution in [0.5, 0.6) is 5.75 Å². The van der Waals surface area contributed by atoms with Crippen LogP contribution in [0.3, 0.4) is 0 Å². The summed E-state index contributed by atoms with van der Waals surface area (Å²) < 4.78 is 12.8. The molecule has 0 aromatic heterocycles. The van der Waals surface area contributed by atoms with E-state index in [9.17, 15) is 19.1 Å². The fourth-order valence-electron chi connectivity index (χ4n) is 1.74. The maximum absolute atomic E-state index is 12.8. The van der Waals surface area contributed by atoms with Gasteiger partial charge in [-0.2, -0.15) is 0 Å². The molecule has 0 saturated heterocycles. The number of nitrogens with one attached hydrogen (secondary N) is 1. The van der Waals surface area contributed by atoms with Gasteiger partial charge in [0.25, 0.3) is 5.91 Å². The Morgan fingerprint density at radius 3 is 2.65 bits per heavy atom. The lowest BCUT2D eigenvalue weighted by atomic mass is 10.0. The predicted molar refractivity (Wildman–Crippen MR) is 71.0 cm³/mol. The number of phenols is 1. The van der Waals surface area contributed by atoms with Crippen LogP contribution in [0.1, 0.15) is 36.5 Å². The summed E-state index contributed by atoms with van der Waals surface area (Å²) in [7, 11) is 0. The van der Waals surface area contributed by atoms with E-state index in [1.165, 1.54) is 6.07 Å². The van der Waals surface area contributed by atoms with Gasteiger partial charge in [0.1, 0.15) is 11.6 Å². The highest BCUT2D eigenvalue weighted by molar-refractivity contribution is 5.96. The lowest BCUT2D eigenvalue weighted by molar-refractivity contribution is -0.137. The van der Waals surface area contributed by atoms with Gasteiger partial charge in [-0.25, -0.2) is 4.39 Å². The molecule has 5 nitrogen and oxygen atoms in total. The van der Waals surface area contributed by atoms with Crippen molar-refractivity contribution in [2.24, 2.45) is 5.92 Å². The van der Waals surface area contributed by atoms with Crippen molar-refractivity contribution in [2.75, 3.05) is 6.54 Å². The Balaban J connectivity index is 2.38. The first-order valence-corrected chi connectivity index (χ1v) is 6.38. The molecule has 6 heteroatoms. The molecule has 1 aromatic carbocycles. The zero-order valence-electron chi connectivity index (χ0n) is 11.2. The second-order valence-electron chi connectivity index (χ2n) is 4.74. The zero-order valence-corrected chi connectivity index (χ0v) is 11.2. The average molecular weight is 283 g/mol. The molecule has 0 radical (unpaired) electrons. The van der Waals surface area contributed by atoms with E-state index in [0.29, 0.717) is 19.4 Å². The fraction of sp³-hybridized carbons (Fsp3) is 0.429. The number of aromatic hydroxyl groups is 1. The molecule has 0 bridgehead atoms. The maximum atomic E-state index is 12.8. The minimum absolute atomic E-state index is 0.0181. The standard InChI is InChI=1S/C14H18FNO4/c1-9(2-5-13(18)19)6-7-16-14(20)11-4-3-10(15)8-12(11)17/h3-4,8-9,17H,2,5-7H2,1H3,(H,16,20)(H,18,19). The first kappa shape index (κ1) is 15.9. The lowest BCUT2D eigenvalue weighted by Gasteiger charge is -2.11. The van der Waals surface area contributed by atoms with Crippen LogP contribution in [0, 0.1) is 11.7 Å². The minimum Gasteiger partial charge on any atom is -0.507 e. The highest BCUT2D eigenvalue weighted by Gasteiger charge is 2.12. The summed E-state index contributed by atoms with van der Waals surface area (Å²) in [4.78, 5) is 22.1. The number of carbonyl (C=O) groups is 2. The SMILES string of the molecule is CC(CCNC(=O)c1ccc(F)cc1O)CCC(=O)O. The Kier molecular flexibility index (Phi) is 5.96. The molecule has 3 N–H and O–H groups in total. The van der Waals surface area contributed by atoms with Crippen LogP contribution in [0.15, 0.2) is 18.2 Å². The van der Waals surface area contributed by atoms with Crippen molar-refractivity contribution in [3.05, 3.63) is 29.6 Å². The quantitative estimate of drug-likeness (QED) is 0.715. The molecule has 0 fully saturated rings. The topological polar surface area (TPSA) is 86.6 Å². The van der Waals surface area contributed by atoms with Gasteiger partial charge in [-0.05, 0) is 30.9 Å². The predicted octanol–water partition coefficient (Wildman–Crippen LogP) is 2.15. The minimum atomic E-state index is -0.836. The Labute approximate surface area is 116 Å². The van der Waals surface area contributed by atoms with Gasteiger partial charge in [0.05, 0.1) is 5.56 Å². The first-order chi connectivity index (χ1) is 9.40. The van der Waals surface area contributed by atoms with Crippen LogP contribution in [0.4, 0.5) is 4.39 Å². The molecular formula is C14H18FNO4. The smallest absolute Gasteiger partial charge is 0.303 e. The highest BCUT2D eigenvalue weighted by atomic mass is 19.1. The molecule has 1 aromatic rings. The number of hydrogen-bond acceptors (Lipinski definition) is 3. The average Bonchev–Trinajstić information content (AvgIpc) is 2.36. The van der Waals surface area contributed by atoms with Gasteiger partial charge in [0.15, 0.2) is 0 Å². The zero-order chi connectivity index (χ0) is 15.1. The molecule has 0 saturated carbocycles. The molecule has 0 aliphatic heterocycles. The number of carboxylic acid groups (broad SMARTS) is 1. The van der Waals surface area contributed by atoms with Gasteiger partial charge in [-0.15, -0.1) is 0 Å². The van der Waals surface area contributed by atoms with Gasteiger partial charge >= 0.3 is 5.97 Å². The Bertz CT molecular complexity index is 490. The number of benzene rings is 1. The number of halogens is 1. The van der Waals surface area contributed by atoms with Gasteiger partial charge in [-0.1, -0.05) is 6.92 Å². The van der Waals surface area contributed by atoms with Gasteiger partial charge in [0, 0.05) is 19.0 Å². The normalized spacial score (nSPS) is 11.9. The summed E-state index contributed by atoms with van der Waals surface area (Å²) in [5.41, 5.74) is 0.0181. The summed E-state index contributed by atoms with van der Waals surface area (Å²) in [6, 6.07) is 3.20. The van der Waals surface area contributed by atoms with E-state index in [1.807, 2.05) is 6.92 Å². The molecule has 1 amide bonds. The molecular weight excluding hydrogens is 265 g/mol. The molecule has 110 valence electrons. The summed E-state index contributed by atoms with van der Waals surface area (Å²) in [5.74, 6) is -2.15. The summed E-state index contributed by atoms with van der Waals surface area (Å²) >= 11 is 0. The van der Waals surface area contributed by atoms with Crippen molar-refractivity contribution in [1.82, 2.24) is 5.32 Å². The van der Waals surface area contributed by atoms with Crippen LogP contribution < -0.4 is 5.32 Å². The van der Waals surface area contributed by atoms with Crippen LogP contribution in [0.25, 0.3) is 0 Å². The molecule has 1 unspecified atom stereocenters. The number of rotatable bonds is 7. The maximum Gasteiger partial charge on any atom is 0.303 e. The van der Waals surface area contributed by atoms with E-state index in [-0.39, 0.29) is 17.9 Å². The number of aliphatic carboxylic acids is 1. The van der Waals surface area contributed by atoms with Gasteiger partial charge in [0.2, 0.25) is 0 Å². The summed E-state index contributed by atoms with van der Waals surface area (Å²) in [6.07, 6.45) is 1.29. The third kappa shape index (κ3) is 5.26. The third-order valence-corrected chi connectivity index (χ3v) is 2.98. The van der Waals surface area contributed by atoms with Crippen LogP contribution in [-0.2, 0) is 4.79 Å². The van der Waals surface area contributed by atoms with Gasteiger partial charge < -0.3 is 15.5 Å². The lowest BCUT2D eigenvalue weighted by Crippen LogP contribution is -2.25.